The molecule has 0 saturated carbocycles. The molecule has 0 aromatic rings. The maximum Gasteiger partial charge on any atom is 0.173 e. The van der Waals surface area contributed by atoms with Crippen LogP contribution in [-0.4, -0.2) is 54.8 Å². The average molecular weight is 374 g/mol. The van der Waals surface area contributed by atoms with Crippen LogP contribution < -0.4 is 0 Å². The lowest BCUT2D eigenvalue weighted by Gasteiger charge is -2.34. The fraction of sp³-hybridized carbons (Fsp3) is 0.944. The molecule has 1 aliphatic rings. The van der Waals surface area contributed by atoms with Gasteiger partial charge in [-0.1, -0.05) is 13.8 Å². The third-order valence-corrected chi connectivity index (χ3v) is 12.0. The van der Waals surface area contributed by atoms with Crippen molar-refractivity contribution in [2.24, 2.45) is 10.9 Å². The standard InChI is InChI=1S/C18H39NO3Si2/c1-16(2)17(3)19-10-8-12-23(4,5)22-24(6,7)13-9-11-20-14-18-15-21-18/h16,18H,8-15H2,1-7H3. The summed E-state index contributed by atoms with van der Waals surface area (Å²) < 4.78 is 17.5. The summed E-state index contributed by atoms with van der Waals surface area (Å²) in [7, 11) is -3.17. The van der Waals surface area contributed by atoms with Crippen molar-refractivity contribution in [1.29, 1.82) is 0 Å². The Morgan fingerprint density at radius 2 is 1.71 bits per heavy atom. The zero-order valence-electron chi connectivity index (χ0n) is 17.0. The highest BCUT2D eigenvalue weighted by Gasteiger charge is 2.32. The Bertz CT molecular complexity index is 394. The minimum atomic E-state index is -1.59. The van der Waals surface area contributed by atoms with Gasteiger partial charge in [-0.15, -0.1) is 0 Å². The van der Waals surface area contributed by atoms with Crippen LogP contribution in [0.15, 0.2) is 4.99 Å². The Hall–Kier alpha value is -0.0162. The number of hydrogen-bond donors (Lipinski definition) is 0. The first-order chi connectivity index (χ1) is 11.1. The van der Waals surface area contributed by atoms with Gasteiger partial charge in [-0.3, -0.25) is 4.99 Å². The van der Waals surface area contributed by atoms with Crippen molar-refractivity contribution in [1.82, 2.24) is 0 Å². The van der Waals surface area contributed by atoms with Gasteiger partial charge in [0.15, 0.2) is 16.6 Å². The molecule has 0 N–H and O–H groups in total. The van der Waals surface area contributed by atoms with E-state index in [4.69, 9.17) is 13.6 Å². The van der Waals surface area contributed by atoms with Gasteiger partial charge in [0.25, 0.3) is 0 Å². The zero-order chi connectivity index (χ0) is 18.2. The summed E-state index contributed by atoms with van der Waals surface area (Å²) in [6, 6.07) is 2.38. The molecule has 0 bridgehead atoms. The fourth-order valence-electron chi connectivity index (χ4n) is 2.77. The molecule has 1 heterocycles. The number of aliphatic imine (C=N–C) groups is 1. The van der Waals surface area contributed by atoms with Crippen molar-refractivity contribution in [2.45, 2.75) is 78.0 Å². The van der Waals surface area contributed by atoms with Gasteiger partial charge in [0.2, 0.25) is 0 Å². The highest BCUT2D eigenvalue weighted by atomic mass is 28.4. The van der Waals surface area contributed by atoms with Crippen LogP contribution >= 0.6 is 0 Å². The van der Waals surface area contributed by atoms with E-state index in [-0.39, 0.29) is 0 Å². The summed E-state index contributed by atoms with van der Waals surface area (Å²) in [5.41, 5.74) is 1.27. The summed E-state index contributed by atoms with van der Waals surface area (Å²) in [4.78, 5) is 4.68. The Morgan fingerprint density at radius 1 is 1.12 bits per heavy atom. The van der Waals surface area contributed by atoms with Crippen LogP contribution in [0, 0.1) is 5.92 Å². The Morgan fingerprint density at radius 3 is 2.25 bits per heavy atom. The maximum atomic E-state index is 6.67. The van der Waals surface area contributed by atoms with Gasteiger partial charge >= 0.3 is 0 Å². The lowest BCUT2D eigenvalue weighted by molar-refractivity contribution is 0.116. The molecule has 0 spiro atoms. The Kier molecular flexibility index (Phi) is 9.37. The lowest BCUT2D eigenvalue weighted by Crippen LogP contribution is -2.44. The van der Waals surface area contributed by atoms with Gasteiger partial charge in [0.05, 0.1) is 13.2 Å². The Balaban J connectivity index is 2.20. The molecular weight excluding hydrogens is 334 g/mol. The summed E-state index contributed by atoms with van der Waals surface area (Å²) >= 11 is 0. The van der Waals surface area contributed by atoms with E-state index in [2.05, 4.69) is 52.0 Å². The molecule has 0 aromatic carbocycles. The zero-order valence-corrected chi connectivity index (χ0v) is 19.0. The van der Waals surface area contributed by atoms with E-state index in [0.29, 0.717) is 12.0 Å². The molecule has 1 fully saturated rings. The molecule has 1 aliphatic heterocycles. The molecular formula is C18H39NO3Si2. The molecule has 1 saturated heterocycles. The normalized spacial score (nSPS) is 19.2. The molecule has 0 aliphatic carbocycles. The predicted octanol–water partition coefficient (Wildman–Crippen LogP) is 4.73. The van der Waals surface area contributed by atoms with Crippen LogP contribution in [0.4, 0.5) is 0 Å². The monoisotopic (exact) mass is 373 g/mol. The quantitative estimate of drug-likeness (QED) is 0.203. The van der Waals surface area contributed by atoms with Crippen molar-refractivity contribution in [3.05, 3.63) is 0 Å². The second kappa shape index (κ2) is 10.2. The van der Waals surface area contributed by atoms with E-state index < -0.39 is 16.6 Å². The smallest absolute Gasteiger partial charge is 0.173 e. The van der Waals surface area contributed by atoms with Gasteiger partial charge in [-0.05, 0) is 64.0 Å². The molecule has 1 unspecified atom stereocenters. The van der Waals surface area contributed by atoms with Crippen molar-refractivity contribution >= 4 is 22.3 Å². The lowest BCUT2D eigenvalue weighted by atomic mass is 10.1. The van der Waals surface area contributed by atoms with E-state index in [1.54, 1.807) is 0 Å². The van der Waals surface area contributed by atoms with Crippen molar-refractivity contribution < 1.29 is 13.6 Å². The van der Waals surface area contributed by atoms with Crippen LogP contribution in [0.25, 0.3) is 0 Å². The Labute approximate surface area is 151 Å². The summed E-state index contributed by atoms with van der Waals surface area (Å²) in [5.74, 6) is 0.562. The van der Waals surface area contributed by atoms with Crippen LogP contribution in [0.3, 0.4) is 0 Å². The van der Waals surface area contributed by atoms with Crippen molar-refractivity contribution in [3.8, 4) is 0 Å². The van der Waals surface area contributed by atoms with E-state index in [1.807, 2.05) is 0 Å². The maximum absolute atomic E-state index is 6.67. The highest BCUT2D eigenvalue weighted by Crippen LogP contribution is 2.24. The molecule has 6 heteroatoms. The average Bonchev–Trinajstić information content (AvgIpc) is 3.25. The van der Waals surface area contributed by atoms with Gasteiger partial charge in [0.1, 0.15) is 6.10 Å². The second-order valence-electron chi connectivity index (χ2n) is 8.54. The summed E-state index contributed by atoms with van der Waals surface area (Å²) in [6.45, 7) is 19.4. The van der Waals surface area contributed by atoms with Crippen molar-refractivity contribution in [3.63, 3.8) is 0 Å². The minimum absolute atomic E-state index is 0.375. The number of ether oxygens (including phenoxy) is 2. The fourth-order valence-corrected chi connectivity index (χ4v) is 11.6. The molecule has 4 nitrogen and oxygen atoms in total. The van der Waals surface area contributed by atoms with Crippen molar-refractivity contribution in [2.75, 3.05) is 26.4 Å². The van der Waals surface area contributed by atoms with E-state index in [0.717, 1.165) is 39.2 Å². The summed E-state index contributed by atoms with van der Waals surface area (Å²) in [6.07, 6.45) is 2.63. The third-order valence-electron chi connectivity index (χ3n) is 4.46. The van der Waals surface area contributed by atoms with E-state index >= 15 is 0 Å². The molecule has 1 rings (SSSR count). The van der Waals surface area contributed by atoms with Crippen LogP contribution in [0.1, 0.15) is 33.6 Å². The summed E-state index contributed by atoms with van der Waals surface area (Å²) in [5, 5.41) is 0. The molecule has 0 radical (unpaired) electrons. The third kappa shape index (κ3) is 10.8. The van der Waals surface area contributed by atoms with Gasteiger partial charge in [-0.2, -0.15) is 0 Å². The minimum Gasteiger partial charge on any atom is -0.455 e. The SMILES string of the molecule is CC(=NCCC[Si](C)(C)O[Si](C)(C)CCCOCC1CO1)C(C)C. The first kappa shape index (κ1) is 22.0. The number of hydrogen-bond acceptors (Lipinski definition) is 4. The van der Waals surface area contributed by atoms with Gasteiger partial charge in [-0.25, -0.2) is 0 Å². The van der Waals surface area contributed by atoms with E-state index in [9.17, 15) is 0 Å². The topological polar surface area (TPSA) is 43.4 Å². The number of nitrogens with zero attached hydrogens (tertiary/aromatic N) is 1. The van der Waals surface area contributed by atoms with E-state index in [1.165, 1.54) is 17.8 Å². The second-order valence-corrected chi connectivity index (χ2v) is 17.4. The molecule has 0 amide bonds. The largest absolute Gasteiger partial charge is 0.455 e. The van der Waals surface area contributed by atoms with Crippen LogP contribution in [-0.2, 0) is 13.6 Å². The van der Waals surface area contributed by atoms with Crippen LogP contribution in [0.2, 0.25) is 38.3 Å². The molecule has 24 heavy (non-hydrogen) atoms. The first-order valence-electron chi connectivity index (χ1n) is 9.52. The van der Waals surface area contributed by atoms with Gasteiger partial charge < -0.3 is 13.6 Å². The molecule has 0 aromatic heterocycles. The van der Waals surface area contributed by atoms with Gasteiger partial charge in [0, 0.05) is 18.9 Å². The molecule has 1 atom stereocenters. The van der Waals surface area contributed by atoms with Crippen LogP contribution in [0.5, 0.6) is 0 Å². The number of epoxide rings is 1. The molecule has 142 valence electrons. The number of rotatable bonds is 13. The predicted molar refractivity (Wildman–Crippen MR) is 108 cm³/mol. The highest BCUT2D eigenvalue weighted by molar-refractivity contribution is 6.84. The first-order valence-corrected chi connectivity index (χ1v) is 15.7.